The van der Waals surface area contributed by atoms with Crippen molar-refractivity contribution in [2.24, 2.45) is 0 Å². The lowest BCUT2D eigenvalue weighted by Gasteiger charge is -2.31. The van der Waals surface area contributed by atoms with Crippen LogP contribution in [0.4, 0.5) is 5.82 Å². The van der Waals surface area contributed by atoms with Crippen LogP contribution in [0.5, 0.6) is 0 Å². The highest BCUT2D eigenvalue weighted by atomic mass is 32.2. The van der Waals surface area contributed by atoms with Crippen molar-refractivity contribution >= 4 is 27.4 Å². The van der Waals surface area contributed by atoms with E-state index in [4.69, 9.17) is 4.98 Å². The van der Waals surface area contributed by atoms with E-state index >= 15 is 0 Å². The van der Waals surface area contributed by atoms with Gasteiger partial charge in [0.2, 0.25) is 10.0 Å². The molecule has 2 aromatic carbocycles. The number of piperazine rings is 1. The molecule has 1 aliphatic heterocycles. The third kappa shape index (κ3) is 4.58. The number of imidazole rings is 1. The molecule has 4 aromatic rings. The second-order valence-corrected chi connectivity index (χ2v) is 10.7. The Balaban J connectivity index is 1.48. The van der Waals surface area contributed by atoms with Gasteiger partial charge in [0.1, 0.15) is 17.2 Å². The van der Waals surface area contributed by atoms with Gasteiger partial charge in [0.25, 0.3) is 5.91 Å². The predicted octanol–water partition coefficient (Wildman–Crippen LogP) is 3.50. The maximum Gasteiger partial charge on any atom is 0.256 e. The summed E-state index contributed by atoms with van der Waals surface area (Å²) in [6.07, 6.45) is 1.87. The van der Waals surface area contributed by atoms with E-state index in [1.165, 1.54) is 16.4 Å². The zero-order valence-corrected chi connectivity index (χ0v) is 20.5. The summed E-state index contributed by atoms with van der Waals surface area (Å²) < 4.78 is 29.7. The first-order valence-corrected chi connectivity index (χ1v) is 12.9. The number of carbonyl (C=O) groups excluding carboxylic acids is 1. The van der Waals surface area contributed by atoms with Crippen molar-refractivity contribution in [3.05, 3.63) is 84.1 Å². The monoisotopic (exact) mass is 489 g/mol. The minimum atomic E-state index is -3.68. The van der Waals surface area contributed by atoms with Gasteiger partial charge in [-0.3, -0.25) is 9.20 Å². The van der Waals surface area contributed by atoms with Gasteiger partial charge in [0, 0.05) is 43.5 Å². The van der Waals surface area contributed by atoms with Gasteiger partial charge in [-0.15, -0.1) is 0 Å². The highest BCUT2D eigenvalue weighted by Crippen LogP contribution is 2.29. The molecular weight excluding hydrogens is 462 g/mol. The minimum Gasteiger partial charge on any atom is -0.306 e. The Labute approximate surface area is 204 Å². The lowest BCUT2D eigenvalue weighted by Crippen LogP contribution is -2.47. The SMILES string of the molecule is Cc1ccn2c(NC(=O)c3cccc(S(=O)(=O)N4CCN(C)CC4)c3)c(-c3ccccc3)nc2c1. The van der Waals surface area contributed by atoms with E-state index in [0.29, 0.717) is 43.3 Å². The molecule has 0 bridgehead atoms. The topological polar surface area (TPSA) is 87.0 Å². The number of amides is 1. The summed E-state index contributed by atoms with van der Waals surface area (Å²) in [6, 6.07) is 19.7. The van der Waals surface area contributed by atoms with Gasteiger partial charge >= 0.3 is 0 Å². The van der Waals surface area contributed by atoms with Crippen LogP contribution in [0, 0.1) is 6.92 Å². The molecule has 1 amide bonds. The Hall–Kier alpha value is -3.53. The first-order valence-electron chi connectivity index (χ1n) is 11.5. The van der Waals surface area contributed by atoms with Crippen LogP contribution in [0.2, 0.25) is 0 Å². The van der Waals surface area contributed by atoms with Crippen molar-refractivity contribution in [2.45, 2.75) is 11.8 Å². The van der Waals surface area contributed by atoms with E-state index in [-0.39, 0.29) is 10.5 Å². The van der Waals surface area contributed by atoms with Gasteiger partial charge in [-0.1, -0.05) is 36.4 Å². The fraction of sp³-hybridized carbons (Fsp3) is 0.231. The molecule has 1 N–H and O–H groups in total. The molecular formula is C26H27N5O3S. The van der Waals surface area contributed by atoms with Crippen LogP contribution in [-0.2, 0) is 10.0 Å². The highest BCUT2D eigenvalue weighted by Gasteiger charge is 2.28. The van der Waals surface area contributed by atoms with Crippen molar-refractivity contribution in [3.8, 4) is 11.3 Å². The number of aromatic nitrogens is 2. The number of benzene rings is 2. The van der Waals surface area contributed by atoms with Crippen LogP contribution in [0.15, 0.2) is 77.8 Å². The van der Waals surface area contributed by atoms with Crippen molar-refractivity contribution in [1.82, 2.24) is 18.6 Å². The Kier molecular flexibility index (Phi) is 6.14. The largest absolute Gasteiger partial charge is 0.306 e. The summed E-state index contributed by atoms with van der Waals surface area (Å²) in [7, 11) is -1.71. The summed E-state index contributed by atoms with van der Waals surface area (Å²) >= 11 is 0. The lowest BCUT2D eigenvalue weighted by atomic mass is 10.1. The molecule has 0 saturated carbocycles. The number of sulfonamides is 1. The molecule has 0 atom stereocenters. The second kappa shape index (κ2) is 9.26. The standard InChI is InChI=1S/C26H27N5O3S/c1-19-11-12-31-23(17-19)27-24(20-7-4-3-5-8-20)25(31)28-26(32)21-9-6-10-22(18-21)35(33,34)30-15-13-29(2)14-16-30/h3-12,17-18H,13-16H2,1-2H3,(H,28,32). The van der Waals surface area contributed by atoms with Crippen LogP contribution < -0.4 is 5.32 Å². The summed E-state index contributed by atoms with van der Waals surface area (Å²) in [5.74, 6) is 0.128. The van der Waals surface area contributed by atoms with Crippen molar-refractivity contribution in [3.63, 3.8) is 0 Å². The molecule has 0 unspecified atom stereocenters. The number of hydrogen-bond donors (Lipinski definition) is 1. The smallest absolute Gasteiger partial charge is 0.256 e. The van der Waals surface area contributed by atoms with Gasteiger partial charge in [0.15, 0.2) is 0 Å². The predicted molar refractivity (Wildman–Crippen MR) is 136 cm³/mol. The summed E-state index contributed by atoms with van der Waals surface area (Å²) in [4.78, 5) is 20.3. The number of hydrogen-bond acceptors (Lipinski definition) is 5. The Morgan fingerprint density at radius 3 is 2.43 bits per heavy atom. The second-order valence-electron chi connectivity index (χ2n) is 8.80. The van der Waals surface area contributed by atoms with Gasteiger partial charge < -0.3 is 10.2 Å². The number of nitrogens with zero attached hydrogens (tertiary/aromatic N) is 4. The fourth-order valence-corrected chi connectivity index (χ4v) is 5.69. The Morgan fingerprint density at radius 1 is 0.943 bits per heavy atom. The lowest BCUT2D eigenvalue weighted by molar-refractivity contribution is 0.102. The van der Waals surface area contributed by atoms with Gasteiger partial charge in [-0.05, 0) is 49.9 Å². The number of fused-ring (bicyclic) bond motifs is 1. The molecule has 8 nitrogen and oxygen atoms in total. The minimum absolute atomic E-state index is 0.117. The third-order valence-electron chi connectivity index (χ3n) is 6.26. The van der Waals surface area contributed by atoms with E-state index < -0.39 is 15.9 Å². The fourth-order valence-electron chi connectivity index (χ4n) is 4.22. The van der Waals surface area contributed by atoms with Crippen LogP contribution >= 0.6 is 0 Å². The normalized spacial score (nSPS) is 15.4. The quantitative estimate of drug-likeness (QED) is 0.464. The van der Waals surface area contributed by atoms with Gasteiger partial charge in [-0.2, -0.15) is 4.31 Å². The Bertz CT molecular complexity index is 1490. The number of pyridine rings is 1. The van der Waals surface area contributed by atoms with E-state index in [2.05, 4.69) is 10.2 Å². The number of aryl methyl sites for hydroxylation is 1. The number of likely N-dealkylation sites (N-methyl/N-ethyl adjacent to an activating group) is 1. The average Bonchev–Trinajstić information content (AvgIpc) is 3.22. The maximum absolute atomic E-state index is 13.3. The molecule has 0 spiro atoms. The molecule has 2 aromatic heterocycles. The summed E-state index contributed by atoms with van der Waals surface area (Å²) in [5, 5.41) is 2.98. The molecule has 0 aliphatic carbocycles. The third-order valence-corrected chi connectivity index (χ3v) is 8.15. The highest BCUT2D eigenvalue weighted by molar-refractivity contribution is 7.89. The number of anilines is 1. The van der Waals surface area contributed by atoms with Crippen LogP contribution in [0.3, 0.4) is 0 Å². The molecule has 9 heteroatoms. The molecule has 0 radical (unpaired) electrons. The van der Waals surface area contributed by atoms with Crippen LogP contribution in [0.1, 0.15) is 15.9 Å². The molecule has 1 fully saturated rings. The summed E-state index contributed by atoms with van der Waals surface area (Å²) in [6.45, 7) is 4.19. The van der Waals surface area contributed by atoms with E-state index in [0.717, 1.165) is 11.1 Å². The zero-order valence-electron chi connectivity index (χ0n) is 19.7. The molecule has 5 rings (SSSR count). The van der Waals surface area contributed by atoms with Crippen molar-refractivity contribution in [2.75, 3.05) is 38.5 Å². The van der Waals surface area contributed by atoms with E-state index in [9.17, 15) is 13.2 Å². The first kappa shape index (κ1) is 23.2. The molecule has 1 aliphatic rings. The Morgan fingerprint density at radius 2 is 1.69 bits per heavy atom. The molecule has 3 heterocycles. The number of rotatable bonds is 5. The molecule has 1 saturated heterocycles. The molecule has 180 valence electrons. The summed E-state index contributed by atoms with van der Waals surface area (Å²) in [5.41, 5.74) is 3.55. The number of nitrogens with one attached hydrogen (secondary N) is 1. The van der Waals surface area contributed by atoms with Crippen LogP contribution in [0.25, 0.3) is 16.9 Å². The van der Waals surface area contributed by atoms with E-state index in [1.807, 2.05) is 67.0 Å². The average molecular weight is 490 g/mol. The van der Waals surface area contributed by atoms with Crippen LogP contribution in [-0.4, -0.2) is 66.1 Å². The van der Waals surface area contributed by atoms with Gasteiger partial charge in [-0.25, -0.2) is 13.4 Å². The maximum atomic E-state index is 13.3. The molecule has 35 heavy (non-hydrogen) atoms. The van der Waals surface area contributed by atoms with E-state index in [1.54, 1.807) is 12.1 Å². The first-order chi connectivity index (χ1) is 16.8. The van der Waals surface area contributed by atoms with Crippen molar-refractivity contribution in [1.29, 1.82) is 0 Å². The number of carbonyl (C=O) groups is 1. The van der Waals surface area contributed by atoms with Gasteiger partial charge in [0.05, 0.1) is 4.90 Å². The zero-order chi connectivity index (χ0) is 24.6. The van der Waals surface area contributed by atoms with Crippen molar-refractivity contribution < 1.29 is 13.2 Å².